The Morgan fingerprint density at radius 3 is 2.68 bits per heavy atom. The number of imidazole rings is 1. The molecule has 1 saturated heterocycles. The summed E-state index contributed by atoms with van der Waals surface area (Å²) in [5, 5.41) is 0. The van der Waals surface area contributed by atoms with E-state index in [1.54, 1.807) is 19.2 Å². The van der Waals surface area contributed by atoms with Crippen LogP contribution in [0.25, 0.3) is 0 Å². The highest BCUT2D eigenvalue weighted by atomic mass is 32.2. The fourth-order valence-corrected chi connectivity index (χ4v) is 5.23. The summed E-state index contributed by atoms with van der Waals surface area (Å²) in [5.41, 5.74) is 1.04. The number of aromatic nitrogens is 2. The minimum atomic E-state index is -3.71. The summed E-state index contributed by atoms with van der Waals surface area (Å²) < 4.78 is 45.8. The number of benzene rings is 1. The molecule has 0 bridgehead atoms. The molecule has 8 nitrogen and oxygen atoms in total. The number of methoxy groups -OCH3 is 3. The molecule has 0 aliphatic carbocycles. The van der Waals surface area contributed by atoms with Crippen LogP contribution in [0, 0.1) is 6.92 Å². The Balaban J connectivity index is 1.86. The first-order chi connectivity index (χ1) is 13.4. The molecule has 1 unspecified atom stereocenters. The Labute approximate surface area is 166 Å². The molecule has 0 amide bonds. The first-order valence-electron chi connectivity index (χ1n) is 9.15. The van der Waals surface area contributed by atoms with Crippen molar-refractivity contribution in [2.45, 2.75) is 30.7 Å². The van der Waals surface area contributed by atoms with Gasteiger partial charge in [0.15, 0.2) is 0 Å². The van der Waals surface area contributed by atoms with E-state index in [0.29, 0.717) is 37.7 Å². The highest BCUT2D eigenvalue weighted by Gasteiger charge is 2.36. The highest BCUT2D eigenvalue weighted by molar-refractivity contribution is 7.89. The molecule has 0 spiro atoms. The van der Waals surface area contributed by atoms with Crippen LogP contribution in [0.2, 0.25) is 0 Å². The lowest BCUT2D eigenvalue weighted by molar-refractivity contribution is 0.185. The van der Waals surface area contributed by atoms with Gasteiger partial charge in [0.2, 0.25) is 10.0 Å². The second-order valence-corrected chi connectivity index (χ2v) is 8.67. The van der Waals surface area contributed by atoms with Crippen LogP contribution >= 0.6 is 0 Å². The second kappa shape index (κ2) is 8.50. The van der Waals surface area contributed by atoms with E-state index in [-0.39, 0.29) is 10.8 Å². The van der Waals surface area contributed by atoms with Gasteiger partial charge in [0.25, 0.3) is 0 Å². The fraction of sp³-hybridized carbons (Fsp3) is 0.526. The van der Waals surface area contributed by atoms with Crippen molar-refractivity contribution in [1.29, 1.82) is 0 Å². The first-order valence-corrected chi connectivity index (χ1v) is 10.6. The molecule has 1 fully saturated rings. The van der Waals surface area contributed by atoms with Crippen molar-refractivity contribution in [1.82, 2.24) is 13.9 Å². The first kappa shape index (κ1) is 20.6. The predicted octanol–water partition coefficient (Wildman–Crippen LogP) is 2.03. The normalized spacial score (nSPS) is 17.8. The van der Waals surface area contributed by atoms with Crippen molar-refractivity contribution < 1.29 is 22.6 Å². The average Bonchev–Trinajstić information content (AvgIpc) is 3.33. The minimum Gasteiger partial charge on any atom is -0.497 e. The van der Waals surface area contributed by atoms with Gasteiger partial charge in [0.05, 0.1) is 20.8 Å². The number of nitrogens with zero attached hydrogens (tertiary/aromatic N) is 3. The van der Waals surface area contributed by atoms with Gasteiger partial charge in [-0.15, -0.1) is 0 Å². The zero-order chi connectivity index (χ0) is 20.3. The van der Waals surface area contributed by atoms with Crippen LogP contribution in [0.15, 0.2) is 29.3 Å². The van der Waals surface area contributed by atoms with Crippen LogP contribution in [0.1, 0.15) is 23.9 Å². The summed E-state index contributed by atoms with van der Waals surface area (Å²) in [6.45, 7) is 4.09. The topological polar surface area (TPSA) is 82.9 Å². The van der Waals surface area contributed by atoms with Gasteiger partial charge in [0, 0.05) is 50.6 Å². The van der Waals surface area contributed by atoms with Gasteiger partial charge in [-0.3, -0.25) is 0 Å². The number of hydrogen-bond donors (Lipinski definition) is 0. The third-order valence-corrected chi connectivity index (χ3v) is 7.00. The molecule has 0 N–H and O–H groups in total. The maximum absolute atomic E-state index is 13.3. The lowest BCUT2D eigenvalue weighted by atomic mass is 10.1. The van der Waals surface area contributed by atoms with Crippen molar-refractivity contribution in [3.63, 3.8) is 0 Å². The molecule has 28 heavy (non-hydrogen) atoms. The fourth-order valence-electron chi connectivity index (χ4n) is 3.56. The van der Waals surface area contributed by atoms with Crippen molar-refractivity contribution in [2.24, 2.45) is 0 Å². The van der Waals surface area contributed by atoms with Crippen LogP contribution in [0.5, 0.6) is 11.5 Å². The summed E-state index contributed by atoms with van der Waals surface area (Å²) in [6, 6.07) is 4.80. The third-order valence-electron chi connectivity index (χ3n) is 5.11. The van der Waals surface area contributed by atoms with Gasteiger partial charge < -0.3 is 18.8 Å². The molecule has 2 aromatic rings. The van der Waals surface area contributed by atoms with Crippen molar-refractivity contribution >= 4 is 10.0 Å². The van der Waals surface area contributed by atoms with E-state index in [1.807, 2.05) is 13.1 Å². The molecule has 0 saturated carbocycles. The molecule has 1 aliphatic heterocycles. The van der Waals surface area contributed by atoms with Gasteiger partial charge in [0.1, 0.15) is 22.2 Å². The lowest BCUT2D eigenvalue weighted by Gasteiger charge is -2.19. The number of sulfonamides is 1. The van der Waals surface area contributed by atoms with E-state index in [4.69, 9.17) is 14.2 Å². The molecular weight excluding hydrogens is 382 g/mol. The molecule has 1 aliphatic rings. The number of rotatable bonds is 8. The highest BCUT2D eigenvalue weighted by Crippen LogP contribution is 2.35. The Bertz CT molecular complexity index is 926. The van der Waals surface area contributed by atoms with E-state index in [1.165, 1.54) is 24.6 Å². The van der Waals surface area contributed by atoms with Crippen LogP contribution in [0.4, 0.5) is 0 Å². The molecule has 0 radical (unpaired) electrons. The van der Waals surface area contributed by atoms with E-state index >= 15 is 0 Å². The molecule has 3 rings (SSSR count). The van der Waals surface area contributed by atoms with Gasteiger partial charge >= 0.3 is 0 Å². The van der Waals surface area contributed by atoms with E-state index < -0.39 is 10.0 Å². The van der Waals surface area contributed by atoms with E-state index in [2.05, 4.69) is 9.55 Å². The molecule has 1 aromatic carbocycles. The average molecular weight is 410 g/mol. The lowest BCUT2D eigenvalue weighted by Crippen LogP contribution is -2.29. The molecule has 1 aromatic heterocycles. The molecule has 1 atom stereocenters. The summed E-state index contributed by atoms with van der Waals surface area (Å²) in [4.78, 5) is 4.66. The monoisotopic (exact) mass is 409 g/mol. The summed E-state index contributed by atoms with van der Waals surface area (Å²) in [7, 11) is 0.920. The zero-order valence-electron chi connectivity index (χ0n) is 16.7. The van der Waals surface area contributed by atoms with Crippen LogP contribution in [-0.4, -0.2) is 63.3 Å². The number of aryl methyl sites for hydroxylation is 1. The summed E-state index contributed by atoms with van der Waals surface area (Å²) in [6.07, 6.45) is 2.54. The summed E-state index contributed by atoms with van der Waals surface area (Å²) >= 11 is 0. The van der Waals surface area contributed by atoms with Crippen molar-refractivity contribution in [2.75, 3.05) is 41.0 Å². The van der Waals surface area contributed by atoms with Gasteiger partial charge in [-0.05, 0) is 25.5 Å². The third kappa shape index (κ3) is 3.87. The number of ether oxygens (including phenoxy) is 3. The smallest absolute Gasteiger partial charge is 0.246 e. The summed E-state index contributed by atoms with van der Waals surface area (Å²) in [5.74, 6) is 1.73. The second-order valence-electron chi connectivity index (χ2n) is 6.77. The molecule has 9 heteroatoms. The Morgan fingerprint density at radius 2 is 2.00 bits per heavy atom. The maximum atomic E-state index is 13.3. The van der Waals surface area contributed by atoms with Gasteiger partial charge in [-0.25, -0.2) is 13.4 Å². The minimum absolute atomic E-state index is 0.0388. The maximum Gasteiger partial charge on any atom is 0.246 e. The Kier molecular flexibility index (Phi) is 6.26. The largest absolute Gasteiger partial charge is 0.497 e. The van der Waals surface area contributed by atoms with E-state index in [0.717, 1.165) is 17.9 Å². The Morgan fingerprint density at radius 1 is 1.21 bits per heavy atom. The molecular formula is C19H27N3O5S. The number of hydrogen-bond acceptors (Lipinski definition) is 6. The SMILES string of the molecule is COCCn1c(C)cnc1C1CCN(S(=O)(=O)c2cc(OC)ccc2OC)C1. The van der Waals surface area contributed by atoms with E-state index in [9.17, 15) is 8.42 Å². The van der Waals surface area contributed by atoms with Gasteiger partial charge in [-0.1, -0.05) is 0 Å². The molecule has 2 heterocycles. The van der Waals surface area contributed by atoms with Gasteiger partial charge in [-0.2, -0.15) is 4.31 Å². The zero-order valence-corrected chi connectivity index (χ0v) is 17.5. The predicted molar refractivity (Wildman–Crippen MR) is 105 cm³/mol. The Hall–Kier alpha value is -2.10. The van der Waals surface area contributed by atoms with Crippen LogP contribution < -0.4 is 9.47 Å². The molecule has 154 valence electrons. The van der Waals surface area contributed by atoms with Crippen molar-refractivity contribution in [3.8, 4) is 11.5 Å². The van der Waals surface area contributed by atoms with Crippen LogP contribution in [0.3, 0.4) is 0 Å². The quantitative estimate of drug-likeness (QED) is 0.664. The standard InChI is InChI=1S/C19H27N3O5S/c1-14-12-20-19(22(14)9-10-25-2)15-7-8-21(13-15)28(23,24)18-11-16(26-3)5-6-17(18)27-4/h5-6,11-12,15H,7-10,13H2,1-4H3. The van der Waals surface area contributed by atoms with Crippen molar-refractivity contribution in [3.05, 3.63) is 35.9 Å². The van der Waals surface area contributed by atoms with Crippen LogP contribution in [-0.2, 0) is 21.3 Å².